The first-order valence-corrected chi connectivity index (χ1v) is 9.14. The molecule has 0 spiro atoms. The molecule has 1 aliphatic rings. The van der Waals surface area contributed by atoms with Crippen LogP contribution in [0.3, 0.4) is 0 Å². The highest BCUT2D eigenvalue weighted by Gasteiger charge is 2.34. The van der Waals surface area contributed by atoms with Gasteiger partial charge >= 0.3 is 5.97 Å². The Balaban J connectivity index is 1.87. The molecule has 3 rings (SSSR count). The molecule has 0 bridgehead atoms. The molecule has 22 heavy (non-hydrogen) atoms. The van der Waals surface area contributed by atoms with E-state index in [1.165, 1.54) is 0 Å². The van der Waals surface area contributed by atoms with E-state index in [1.54, 1.807) is 22.7 Å². The molecule has 114 valence electrons. The average Bonchev–Trinajstić information content (AvgIpc) is 3.23. The summed E-state index contributed by atoms with van der Waals surface area (Å²) in [4.78, 5) is 15.0. The topological polar surface area (TPSA) is 26.3 Å². The molecule has 1 unspecified atom stereocenters. The molecule has 2 heterocycles. The van der Waals surface area contributed by atoms with Crippen molar-refractivity contribution in [1.82, 2.24) is 0 Å². The molecule has 1 aliphatic carbocycles. The second kappa shape index (κ2) is 6.63. The summed E-state index contributed by atoms with van der Waals surface area (Å²) < 4.78 is 5.97. The lowest BCUT2D eigenvalue weighted by Crippen LogP contribution is -2.34. The molecular formula is C18H18O2S2. The fourth-order valence-corrected chi connectivity index (χ4v) is 4.33. The summed E-state index contributed by atoms with van der Waals surface area (Å²) >= 11 is 3.20. The van der Waals surface area contributed by atoms with Crippen LogP contribution in [0.5, 0.6) is 0 Å². The minimum absolute atomic E-state index is 0.160. The molecule has 0 aromatic carbocycles. The van der Waals surface area contributed by atoms with E-state index in [2.05, 4.69) is 13.0 Å². The summed E-state index contributed by atoms with van der Waals surface area (Å²) in [5.74, 6) is -0.477. The highest BCUT2D eigenvalue weighted by atomic mass is 32.1. The molecule has 1 atom stereocenters. The van der Waals surface area contributed by atoms with Crippen LogP contribution in [0.15, 0.2) is 59.3 Å². The zero-order valence-corrected chi connectivity index (χ0v) is 14.0. The summed E-state index contributed by atoms with van der Waals surface area (Å²) in [6, 6.07) is 7.97. The Morgan fingerprint density at radius 2 is 1.91 bits per heavy atom. The number of ether oxygens (including phenoxy) is 1. The van der Waals surface area contributed by atoms with Gasteiger partial charge in [-0.05, 0) is 35.4 Å². The Labute approximate surface area is 138 Å². The van der Waals surface area contributed by atoms with Crippen LogP contribution in [-0.2, 0) is 9.53 Å². The van der Waals surface area contributed by atoms with Crippen LogP contribution in [0.1, 0.15) is 35.4 Å². The van der Waals surface area contributed by atoms with Crippen LogP contribution in [0.25, 0.3) is 0 Å². The summed E-state index contributed by atoms with van der Waals surface area (Å²) in [7, 11) is 0. The van der Waals surface area contributed by atoms with Crippen LogP contribution in [0, 0.1) is 0 Å². The minimum Gasteiger partial charge on any atom is -0.454 e. The van der Waals surface area contributed by atoms with E-state index < -0.39 is 5.60 Å². The predicted molar refractivity (Wildman–Crippen MR) is 92.5 cm³/mol. The van der Waals surface area contributed by atoms with Gasteiger partial charge in [-0.1, -0.05) is 37.3 Å². The van der Waals surface area contributed by atoms with Crippen molar-refractivity contribution in [2.24, 2.45) is 0 Å². The Morgan fingerprint density at radius 1 is 1.23 bits per heavy atom. The second-order valence-corrected chi connectivity index (χ2v) is 7.25. The Morgan fingerprint density at radius 3 is 2.36 bits per heavy atom. The zero-order valence-electron chi connectivity index (χ0n) is 12.4. The van der Waals surface area contributed by atoms with Crippen molar-refractivity contribution in [2.45, 2.75) is 31.3 Å². The van der Waals surface area contributed by atoms with Crippen molar-refractivity contribution >= 4 is 28.6 Å². The van der Waals surface area contributed by atoms with Gasteiger partial charge in [0.1, 0.15) is 11.5 Å². The van der Waals surface area contributed by atoms with Crippen molar-refractivity contribution < 1.29 is 9.53 Å². The number of carbonyl (C=O) groups excluding carboxylic acids is 1. The van der Waals surface area contributed by atoms with E-state index in [-0.39, 0.29) is 11.9 Å². The molecule has 0 radical (unpaired) electrons. The van der Waals surface area contributed by atoms with Gasteiger partial charge in [0.25, 0.3) is 0 Å². The predicted octanol–water partition coefficient (Wildman–Crippen LogP) is 5.15. The molecule has 0 aliphatic heterocycles. The SMILES string of the molecule is CCC1(OC(=O)C(c2cccs2)c2cccs2)C=CC=CC1. The van der Waals surface area contributed by atoms with E-state index in [0.29, 0.717) is 0 Å². The summed E-state index contributed by atoms with van der Waals surface area (Å²) in [5.41, 5.74) is -0.501. The van der Waals surface area contributed by atoms with Crippen molar-refractivity contribution in [2.75, 3.05) is 0 Å². The van der Waals surface area contributed by atoms with E-state index in [1.807, 2.05) is 53.3 Å². The molecule has 0 fully saturated rings. The van der Waals surface area contributed by atoms with E-state index >= 15 is 0 Å². The highest BCUT2D eigenvalue weighted by molar-refractivity contribution is 7.11. The Bertz CT molecular complexity index is 634. The number of hydrogen-bond acceptors (Lipinski definition) is 4. The van der Waals surface area contributed by atoms with Crippen LogP contribution in [-0.4, -0.2) is 11.6 Å². The van der Waals surface area contributed by atoms with Gasteiger partial charge in [0.05, 0.1) is 0 Å². The molecular weight excluding hydrogens is 312 g/mol. The quantitative estimate of drug-likeness (QED) is 0.709. The monoisotopic (exact) mass is 330 g/mol. The lowest BCUT2D eigenvalue weighted by atomic mass is 9.92. The average molecular weight is 330 g/mol. The molecule has 0 saturated heterocycles. The highest BCUT2D eigenvalue weighted by Crippen LogP contribution is 2.35. The molecule has 0 N–H and O–H groups in total. The van der Waals surface area contributed by atoms with Gasteiger partial charge in [0, 0.05) is 16.2 Å². The fourth-order valence-electron chi connectivity index (χ4n) is 2.60. The Hall–Kier alpha value is -1.65. The molecule has 4 heteroatoms. The van der Waals surface area contributed by atoms with Crippen molar-refractivity contribution in [3.8, 4) is 0 Å². The molecule has 0 amide bonds. The first kappa shape index (κ1) is 15.3. The van der Waals surface area contributed by atoms with E-state index in [4.69, 9.17) is 4.74 Å². The van der Waals surface area contributed by atoms with E-state index in [9.17, 15) is 4.79 Å². The van der Waals surface area contributed by atoms with Crippen LogP contribution < -0.4 is 0 Å². The largest absolute Gasteiger partial charge is 0.454 e. The van der Waals surface area contributed by atoms with Crippen LogP contribution in [0.2, 0.25) is 0 Å². The molecule has 2 nitrogen and oxygen atoms in total. The smallest absolute Gasteiger partial charge is 0.320 e. The maximum absolute atomic E-state index is 12.9. The first-order valence-electron chi connectivity index (χ1n) is 7.38. The fraction of sp³-hybridized carbons (Fsp3) is 0.278. The minimum atomic E-state index is -0.501. The van der Waals surface area contributed by atoms with E-state index in [0.717, 1.165) is 22.6 Å². The van der Waals surface area contributed by atoms with Gasteiger partial charge in [0.2, 0.25) is 0 Å². The summed E-state index contributed by atoms with van der Waals surface area (Å²) in [5, 5.41) is 4.00. The van der Waals surface area contributed by atoms with Crippen molar-refractivity contribution in [3.63, 3.8) is 0 Å². The van der Waals surface area contributed by atoms with Gasteiger partial charge in [-0.3, -0.25) is 4.79 Å². The van der Waals surface area contributed by atoms with Gasteiger partial charge in [0.15, 0.2) is 0 Å². The standard InChI is InChI=1S/C18H18O2S2/c1-2-18(10-4-3-5-11-18)20-17(19)16(14-8-6-12-21-14)15-9-7-13-22-15/h3-10,12-13,16H,2,11H2,1H3. The van der Waals surface area contributed by atoms with Crippen LogP contribution >= 0.6 is 22.7 Å². The third-order valence-corrected chi connectivity index (χ3v) is 5.78. The third-order valence-electron chi connectivity index (χ3n) is 3.90. The second-order valence-electron chi connectivity index (χ2n) is 5.29. The number of carbonyl (C=O) groups is 1. The number of allylic oxidation sites excluding steroid dienone is 2. The summed E-state index contributed by atoms with van der Waals surface area (Å²) in [6.07, 6.45) is 9.55. The van der Waals surface area contributed by atoms with Crippen molar-refractivity contribution in [1.29, 1.82) is 0 Å². The Kier molecular flexibility index (Phi) is 4.60. The van der Waals surface area contributed by atoms with Crippen molar-refractivity contribution in [3.05, 3.63) is 69.1 Å². The molecule has 2 aromatic rings. The summed E-state index contributed by atoms with van der Waals surface area (Å²) in [6.45, 7) is 2.06. The third kappa shape index (κ3) is 3.08. The first-order chi connectivity index (χ1) is 10.7. The zero-order chi connectivity index (χ0) is 15.4. The van der Waals surface area contributed by atoms with Gasteiger partial charge in [-0.15, -0.1) is 22.7 Å². The molecule has 2 aromatic heterocycles. The lowest BCUT2D eigenvalue weighted by Gasteiger charge is -2.31. The van der Waals surface area contributed by atoms with Gasteiger partial charge in [-0.25, -0.2) is 0 Å². The number of esters is 1. The maximum atomic E-state index is 12.9. The maximum Gasteiger partial charge on any atom is 0.320 e. The number of rotatable bonds is 5. The van der Waals surface area contributed by atoms with Crippen LogP contribution in [0.4, 0.5) is 0 Å². The normalized spacial score (nSPS) is 20.5. The van der Waals surface area contributed by atoms with Gasteiger partial charge < -0.3 is 4.74 Å². The number of hydrogen-bond donors (Lipinski definition) is 0. The number of thiophene rings is 2. The van der Waals surface area contributed by atoms with Gasteiger partial charge in [-0.2, -0.15) is 0 Å². The molecule has 0 saturated carbocycles. The lowest BCUT2D eigenvalue weighted by molar-refractivity contribution is -0.156.